The maximum Gasteiger partial charge on any atom is 0.339 e. The van der Waals surface area contributed by atoms with Gasteiger partial charge in [0.15, 0.2) is 16.6 Å². The molecule has 2 aliphatic heterocycles. The summed E-state index contributed by atoms with van der Waals surface area (Å²) in [6.07, 6.45) is 1.39. The molecular formula is C31H22N2O8S2. The van der Waals surface area contributed by atoms with Gasteiger partial charge in [-0.2, -0.15) is 8.42 Å². The predicted molar refractivity (Wildman–Crippen MR) is 161 cm³/mol. The number of thiocarbonyl (C=S) groups is 1. The highest BCUT2D eigenvalue weighted by atomic mass is 32.2. The number of fused-ring (bicyclic) bond motifs is 1. The van der Waals surface area contributed by atoms with Crippen LogP contribution >= 0.6 is 12.2 Å². The van der Waals surface area contributed by atoms with Gasteiger partial charge in [-0.25, -0.2) is 0 Å². The molecule has 43 heavy (non-hydrogen) atoms. The second-order valence-electron chi connectivity index (χ2n) is 9.28. The minimum Gasteiger partial charge on any atom is -0.486 e. The standard InChI is InChI=1S/C31H22N2O8S2/c34-29-26(30(35)33(31(42)32-29)21-8-12-23(13-9-21)40-22-4-2-1-3-5-22)18-20-6-10-24(11-7-20)41-43(36,37)25-14-15-27-28(19-25)39-17-16-38-27/h1-15,18-19H,16-17H2,(H,32,34,42)/b26-18+. The molecule has 12 heteroatoms. The molecule has 0 radical (unpaired) electrons. The first-order valence-electron chi connectivity index (χ1n) is 13.0. The molecule has 0 saturated carbocycles. The molecule has 216 valence electrons. The summed E-state index contributed by atoms with van der Waals surface area (Å²) in [7, 11) is -4.17. The van der Waals surface area contributed by atoms with Gasteiger partial charge in [-0.3, -0.25) is 19.8 Å². The number of para-hydroxylation sites is 1. The molecule has 1 fully saturated rings. The Kier molecular flexibility index (Phi) is 7.53. The highest BCUT2D eigenvalue weighted by Crippen LogP contribution is 2.33. The van der Waals surface area contributed by atoms with Gasteiger partial charge in [-0.15, -0.1) is 0 Å². The van der Waals surface area contributed by atoms with Gasteiger partial charge in [0.1, 0.15) is 40.9 Å². The number of rotatable bonds is 7. The quantitative estimate of drug-likeness (QED) is 0.135. The SMILES string of the molecule is O=C1NC(=S)N(c2ccc(Oc3ccccc3)cc2)C(=O)/C1=C/c1ccc(OS(=O)(=O)c2ccc3c(c2)OCCO3)cc1. The van der Waals surface area contributed by atoms with Crippen LogP contribution in [0, 0.1) is 0 Å². The molecule has 0 atom stereocenters. The normalized spacial score (nSPS) is 15.7. The molecule has 0 unspecified atom stereocenters. The lowest BCUT2D eigenvalue weighted by molar-refractivity contribution is -0.122. The second kappa shape index (κ2) is 11.6. The largest absolute Gasteiger partial charge is 0.486 e. The highest BCUT2D eigenvalue weighted by Gasteiger charge is 2.34. The van der Waals surface area contributed by atoms with E-state index < -0.39 is 21.9 Å². The summed E-state index contributed by atoms with van der Waals surface area (Å²) in [6.45, 7) is 0.697. The fourth-order valence-electron chi connectivity index (χ4n) is 4.32. The van der Waals surface area contributed by atoms with Crippen LogP contribution in [0.15, 0.2) is 108 Å². The van der Waals surface area contributed by atoms with E-state index in [1.54, 1.807) is 24.3 Å². The van der Waals surface area contributed by atoms with E-state index in [0.29, 0.717) is 47.5 Å². The van der Waals surface area contributed by atoms with Crippen LogP contribution in [0.4, 0.5) is 5.69 Å². The number of amides is 2. The van der Waals surface area contributed by atoms with Crippen LogP contribution < -0.4 is 28.6 Å². The first-order valence-corrected chi connectivity index (χ1v) is 14.8. The number of carbonyl (C=O) groups is 2. The van der Waals surface area contributed by atoms with Crippen LogP contribution in [0.1, 0.15) is 5.56 Å². The van der Waals surface area contributed by atoms with Crippen LogP contribution in [0.2, 0.25) is 0 Å². The van der Waals surface area contributed by atoms with Gasteiger partial charge in [0.2, 0.25) is 0 Å². The summed E-state index contributed by atoms with van der Waals surface area (Å²) in [6, 6.07) is 26.0. The Morgan fingerprint density at radius 1 is 0.791 bits per heavy atom. The Morgan fingerprint density at radius 2 is 1.44 bits per heavy atom. The fraction of sp³-hybridized carbons (Fsp3) is 0.0645. The molecule has 0 aromatic heterocycles. The molecule has 4 aromatic carbocycles. The van der Waals surface area contributed by atoms with Gasteiger partial charge in [0, 0.05) is 6.07 Å². The third kappa shape index (κ3) is 6.05. The van der Waals surface area contributed by atoms with Gasteiger partial charge in [-0.05, 0) is 84.5 Å². The Balaban J connectivity index is 1.17. The maximum atomic E-state index is 13.4. The molecule has 1 saturated heterocycles. The molecule has 2 heterocycles. The lowest BCUT2D eigenvalue weighted by Gasteiger charge is -2.29. The number of hydrogen-bond donors (Lipinski definition) is 1. The summed E-state index contributed by atoms with van der Waals surface area (Å²) in [4.78, 5) is 27.2. The van der Waals surface area contributed by atoms with E-state index in [2.05, 4.69) is 5.32 Å². The van der Waals surface area contributed by atoms with Crippen molar-refractivity contribution in [2.45, 2.75) is 4.90 Å². The maximum absolute atomic E-state index is 13.4. The van der Waals surface area contributed by atoms with Crippen molar-refractivity contribution in [3.8, 4) is 28.7 Å². The topological polar surface area (TPSA) is 120 Å². The van der Waals surface area contributed by atoms with Crippen LogP contribution in [0.25, 0.3) is 6.08 Å². The molecule has 10 nitrogen and oxygen atoms in total. The lowest BCUT2D eigenvalue weighted by Crippen LogP contribution is -2.54. The first kappa shape index (κ1) is 27.9. The van der Waals surface area contributed by atoms with Gasteiger partial charge in [0.05, 0.1) is 5.69 Å². The molecular weight excluding hydrogens is 592 g/mol. The zero-order chi connectivity index (χ0) is 30.0. The van der Waals surface area contributed by atoms with Crippen LogP contribution in [-0.2, 0) is 19.7 Å². The van der Waals surface area contributed by atoms with E-state index in [1.165, 1.54) is 53.4 Å². The molecule has 4 aromatic rings. The van der Waals surface area contributed by atoms with Crippen molar-refractivity contribution >= 4 is 51.0 Å². The third-order valence-corrected chi connectivity index (χ3v) is 7.90. The molecule has 6 rings (SSSR count). The van der Waals surface area contributed by atoms with Gasteiger partial charge in [-0.1, -0.05) is 30.3 Å². The number of carbonyl (C=O) groups excluding carboxylic acids is 2. The number of nitrogens with zero attached hydrogens (tertiary/aromatic N) is 1. The van der Waals surface area contributed by atoms with Gasteiger partial charge in [0.25, 0.3) is 11.8 Å². The van der Waals surface area contributed by atoms with Crippen molar-refractivity contribution in [2.24, 2.45) is 0 Å². The van der Waals surface area contributed by atoms with Crippen LogP contribution in [0.3, 0.4) is 0 Å². The van der Waals surface area contributed by atoms with E-state index in [9.17, 15) is 18.0 Å². The van der Waals surface area contributed by atoms with Crippen molar-refractivity contribution in [3.63, 3.8) is 0 Å². The molecule has 0 bridgehead atoms. The van der Waals surface area contributed by atoms with Crippen LogP contribution in [-0.4, -0.2) is 38.6 Å². The van der Waals surface area contributed by atoms with E-state index >= 15 is 0 Å². The zero-order valence-electron chi connectivity index (χ0n) is 22.3. The monoisotopic (exact) mass is 614 g/mol. The third-order valence-electron chi connectivity index (χ3n) is 6.37. The molecule has 0 spiro atoms. The summed E-state index contributed by atoms with van der Waals surface area (Å²) in [5.74, 6) is 0.759. The average molecular weight is 615 g/mol. The van der Waals surface area contributed by atoms with E-state index in [1.807, 2.05) is 30.3 Å². The van der Waals surface area contributed by atoms with Crippen molar-refractivity contribution in [2.75, 3.05) is 18.1 Å². The van der Waals surface area contributed by atoms with Crippen molar-refractivity contribution in [3.05, 3.63) is 108 Å². The Labute approximate surface area is 252 Å². The molecule has 0 aliphatic carbocycles. The lowest BCUT2D eigenvalue weighted by atomic mass is 10.1. The number of ether oxygens (including phenoxy) is 3. The van der Waals surface area contributed by atoms with Crippen LogP contribution in [0.5, 0.6) is 28.7 Å². The summed E-state index contributed by atoms with van der Waals surface area (Å²) in [5.41, 5.74) is 0.743. The number of nitrogens with one attached hydrogen (secondary N) is 1. The second-order valence-corrected chi connectivity index (χ2v) is 11.2. The molecule has 2 aliphatic rings. The number of benzene rings is 4. The minimum absolute atomic E-state index is 0.0390. The Hall–Kier alpha value is -5.20. The summed E-state index contributed by atoms with van der Waals surface area (Å²) < 4.78 is 47.6. The van der Waals surface area contributed by atoms with Gasteiger partial charge < -0.3 is 18.4 Å². The zero-order valence-corrected chi connectivity index (χ0v) is 23.9. The Bertz CT molecular complexity index is 1860. The number of anilines is 1. The minimum atomic E-state index is -4.17. The summed E-state index contributed by atoms with van der Waals surface area (Å²) >= 11 is 5.29. The van der Waals surface area contributed by atoms with Crippen molar-refractivity contribution < 1.29 is 36.4 Å². The Morgan fingerprint density at radius 3 is 2.16 bits per heavy atom. The molecule has 2 amide bonds. The van der Waals surface area contributed by atoms with Crippen molar-refractivity contribution in [1.82, 2.24) is 5.32 Å². The average Bonchev–Trinajstić information content (AvgIpc) is 3.01. The first-order chi connectivity index (χ1) is 20.8. The predicted octanol–water partition coefficient (Wildman–Crippen LogP) is 4.85. The van der Waals surface area contributed by atoms with E-state index in [0.717, 1.165) is 0 Å². The highest BCUT2D eigenvalue weighted by molar-refractivity contribution is 7.87. The smallest absolute Gasteiger partial charge is 0.339 e. The van der Waals surface area contributed by atoms with Gasteiger partial charge >= 0.3 is 10.1 Å². The van der Waals surface area contributed by atoms with E-state index in [-0.39, 0.29) is 21.3 Å². The number of hydrogen-bond acceptors (Lipinski definition) is 9. The molecule has 1 N–H and O–H groups in total. The summed E-state index contributed by atoms with van der Waals surface area (Å²) in [5, 5.41) is 2.48. The van der Waals surface area contributed by atoms with E-state index in [4.69, 9.17) is 30.6 Å². The van der Waals surface area contributed by atoms with Crippen molar-refractivity contribution in [1.29, 1.82) is 0 Å². The fourth-order valence-corrected chi connectivity index (χ4v) is 5.55.